The van der Waals surface area contributed by atoms with Crippen LogP contribution in [-0.2, 0) is 0 Å². The van der Waals surface area contributed by atoms with E-state index < -0.39 is 0 Å². The first-order valence-electron chi connectivity index (χ1n) is 5.86. The van der Waals surface area contributed by atoms with Crippen LogP contribution in [0.2, 0.25) is 0 Å². The molecule has 2 atom stereocenters. The number of halogens is 1. The van der Waals surface area contributed by atoms with E-state index in [-0.39, 0.29) is 5.82 Å². The normalized spacial score (nSPS) is 33.1. The standard InChI is InChI=1S/C12H16FN3/c13-10-5-15-4-3-11(10)16-6-8-1-2-9(7-16)12(8)14/h3-5,8-9,12H,1-2,6-7,14H2. The first kappa shape index (κ1) is 10.0. The van der Waals surface area contributed by atoms with E-state index in [1.165, 1.54) is 19.0 Å². The Morgan fingerprint density at radius 1 is 1.31 bits per heavy atom. The molecule has 0 radical (unpaired) electrons. The van der Waals surface area contributed by atoms with Crippen molar-refractivity contribution in [2.24, 2.45) is 17.6 Å². The largest absolute Gasteiger partial charge is 0.368 e. The van der Waals surface area contributed by atoms with Crippen LogP contribution in [0, 0.1) is 17.7 Å². The molecule has 1 saturated heterocycles. The lowest BCUT2D eigenvalue weighted by Crippen LogP contribution is -2.49. The number of anilines is 1. The van der Waals surface area contributed by atoms with Gasteiger partial charge in [-0.25, -0.2) is 4.39 Å². The van der Waals surface area contributed by atoms with Gasteiger partial charge in [-0.2, -0.15) is 0 Å². The van der Waals surface area contributed by atoms with E-state index >= 15 is 0 Å². The highest BCUT2D eigenvalue weighted by Crippen LogP contribution is 2.37. The van der Waals surface area contributed by atoms with Crippen LogP contribution >= 0.6 is 0 Å². The fourth-order valence-corrected chi connectivity index (χ4v) is 3.09. The fourth-order valence-electron chi connectivity index (χ4n) is 3.09. The van der Waals surface area contributed by atoms with Crippen molar-refractivity contribution in [3.63, 3.8) is 0 Å². The molecule has 2 aliphatic rings. The molecule has 3 nitrogen and oxygen atoms in total. The van der Waals surface area contributed by atoms with Gasteiger partial charge in [-0.05, 0) is 30.7 Å². The first-order valence-corrected chi connectivity index (χ1v) is 5.86. The van der Waals surface area contributed by atoms with E-state index in [4.69, 9.17) is 5.73 Å². The van der Waals surface area contributed by atoms with E-state index in [0.717, 1.165) is 13.1 Å². The number of rotatable bonds is 1. The number of fused-ring (bicyclic) bond motifs is 2. The van der Waals surface area contributed by atoms with Gasteiger partial charge in [-0.1, -0.05) is 0 Å². The summed E-state index contributed by atoms with van der Waals surface area (Å²) in [6.45, 7) is 1.78. The summed E-state index contributed by atoms with van der Waals surface area (Å²) in [5.41, 5.74) is 6.81. The Labute approximate surface area is 94.5 Å². The van der Waals surface area contributed by atoms with Crippen molar-refractivity contribution in [1.82, 2.24) is 4.98 Å². The smallest absolute Gasteiger partial charge is 0.164 e. The highest BCUT2D eigenvalue weighted by atomic mass is 19.1. The summed E-state index contributed by atoms with van der Waals surface area (Å²) in [6, 6.07) is 2.08. The van der Waals surface area contributed by atoms with Crippen LogP contribution in [0.25, 0.3) is 0 Å². The zero-order valence-corrected chi connectivity index (χ0v) is 9.14. The molecule has 16 heavy (non-hydrogen) atoms. The highest BCUT2D eigenvalue weighted by Gasteiger charge is 2.40. The van der Waals surface area contributed by atoms with E-state index in [2.05, 4.69) is 9.88 Å². The second-order valence-electron chi connectivity index (χ2n) is 4.91. The Balaban J connectivity index is 1.86. The average molecular weight is 221 g/mol. The minimum Gasteiger partial charge on any atom is -0.368 e. The Morgan fingerprint density at radius 3 is 2.62 bits per heavy atom. The predicted octanol–water partition coefficient (Wildman–Crippen LogP) is 1.39. The molecule has 2 bridgehead atoms. The number of hydrogen-bond acceptors (Lipinski definition) is 3. The molecule has 3 rings (SSSR count). The van der Waals surface area contributed by atoms with Crippen LogP contribution in [0.1, 0.15) is 12.8 Å². The van der Waals surface area contributed by atoms with Gasteiger partial charge in [0.15, 0.2) is 5.82 Å². The molecule has 0 aromatic carbocycles. The lowest BCUT2D eigenvalue weighted by molar-refractivity contribution is 0.354. The average Bonchev–Trinajstić information content (AvgIpc) is 2.53. The third-order valence-electron chi connectivity index (χ3n) is 4.00. The molecular weight excluding hydrogens is 205 g/mol. The lowest BCUT2D eigenvalue weighted by atomic mass is 9.93. The second-order valence-corrected chi connectivity index (χ2v) is 4.91. The topological polar surface area (TPSA) is 42.1 Å². The summed E-state index contributed by atoms with van der Waals surface area (Å²) in [6.07, 6.45) is 5.31. The molecule has 2 fully saturated rings. The molecule has 0 spiro atoms. The van der Waals surface area contributed by atoms with Crippen molar-refractivity contribution in [3.05, 3.63) is 24.3 Å². The van der Waals surface area contributed by atoms with Crippen LogP contribution in [-0.4, -0.2) is 24.1 Å². The minimum atomic E-state index is -0.225. The number of nitrogens with two attached hydrogens (primary N) is 1. The van der Waals surface area contributed by atoms with E-state index in [9.17, 15) is 4.39 Å². The molecule has 1 aliphatic carbocycles. The van der Waals surface area contributed by atoms with Gasteiger partial charge in [-0.3, -0.25) is 4.98 Å². The summed E-state index contributed by atoms with van der Waals surface area (Å²) in [7, 11) is 0. The monoisotopic (exact) mass is 221 g/mol. The Kier molecular flexibility index (Phi) is 2.32. The maximum atomic E-state index is 13.6. The van der Waals surface area contributed by atoms with Gasteiger partial charge in [0.2, 0.25) is 0 Å². The molecule has 1 aromatic heterocycles. The summed E-state index contributed by atoms with van der Waals surface area (Å²) in [5.74, 6) is 0.843. The molecule has 1 aliphatic heterocycles. The van der Waals surface area contributed by atoms with Crippen LogP contribution < -0.4 is 10.6 Å². The van der Waals surface area contributed by atoms with E-state index in [1.807, 2.05) is 0 Å². The van der Waals surface area contributed by atoms with Gasteiger partial charge in [0.1, 0.15) is 0 Å². The molecule has 1 saturated carbocycles. The maximum Gasteiger partial charge on any atom is 0.164 e. The third-order valence-corrected chi connectivity index (χ3v) is 4.00. The predicted molar refractivity (Wildman–Crippen MR) is 60.6 cm³/mol. The molecule has 2 heterocycles. The van der Waals surface area contributed by atoms with Crippen molar-refractivity contribution in [1.29, 1.82) is 0 Å². The zero-order chi connectivity index (χ0) is 11.1. The van der Waals surface area contributed by atoms with Gasteiger partial charge < -0.3 is 10.6 Å². The first-order chi connectivity index (χ1) is 7.75. The van der Waals surface area contributed by atoms with Crippen molar-refractivity contribution >= 4 is 5.69 Å². The van der Waals surface area contributed by atoms with Crippen LogP contribution in [0.5, 0.6) is 0 Å². The summed E-state index contributed by atoms with van der Waals surface area (Å²) in [5, 5.41) is 0. The summed E-state index contributed by atoms with van der Waals surface area (Å²) >= 11 is 0. The fraction of sp³-hybridized carbons (Fsp3) is 0.583. The van der Waals surface area contributed by atoms with Crippen LogP contribution in [0.15, 0.2) is 18.5 Å². The Morgan fingerprint density at radius 2 is 2.00 bits per heavy atom. The molecule has 86 valence electrons. The second kappa shape index (κ2) is 3.70. The molecular formula is C12H16FN3. The van der Waals surface area contributed by atoms with Gasteiger partial charge in [0.25, 0.3) is 0 Å². The Bertz CT molecular complexity index is 382. The van der Waals surface area contributed by atoms with Gasteiger partial charge >= 0.3 is 0 Å². The molecule has 2 N–H and O–H groups in total. The van der Waals surface area contributed by atoms with Crippen molar-refractivity contribution in [3.8, 4) is 0 Å². The molecule has 2 unspecified atom stereocenters. The number of piperidine rings is 1. The number of pyridine rings is 1. The molecule has 0 amide bonds. The van der Waals surface area contributed by atoms with Gasteiger partial charge in [0.05, 0.1) is 11.9 Å². The summed E-state index contributed by atoms with van der Waals surface area (Å²) < 4.78 is 13.6. The van der Waals surface area contributed by atoms with Crippen LogP contribution in [0.4, 0.5) is 10.1 Å². The molecule has 4 heteroatoms. The van der Waals surface area contributed by atoms with Crippen molar-refractivity contribution in [2.45, 2.75) is 18.9 Å². The minimum absolute atomic E-state index is 0.225. The SMILES string of the molecule is NC1C2CCC1CN(c1ccncc1F)C2. The quantitative estimate of drug-likeness (QED) is 0.779. The van der Waals surface area contributed by atoms with E-state index in [1.54, 1.807) is 12.3 Å². The number of aromatic nitrogens is 1. The summed E-state index contributed by atoms with van der Waals surface area (Å²) in [4.78, 5) is 5.91. The highest BCUT2D eigenvalue weighted by molar-refractivity contribution is 5.47. The van der Waals surface area contributed by atoms with Crippen molar-refractivity contribution < 1.29 is 4.39 Å². The maximum absolute atomic E-state index is 13.6. The van der Waals surface area contributed by atoms with Gasteiger partial charge in [0, 0.05) is 25.3 Å². The van der Waals surface area contributed by atoms with Crippen molar-refractivity contribution in [2.75, 3.05) is 18.0 Å². The zero-order valence-electron chi connectivity index (χ0n) is 9.14. The number of nitrogens with zero attached hydrogens (tertiary/aromatic N) is 2. The van der Waals surface area contributed by atoms with E-state index in [0.29, 0.717) is 23.6 Å². The Hall–Kier alpha value is -1.16. The third kappa shape index (κ3) is 1.48. The lowest BCUT2D eigenvalue weighted by Gasteiger charge is -2.37. The van der Waals surface area contributed by atoms with Gasteiger partial charge in [-0.15, -0.1) is 0 Å². The number of hydrogen-bond donors (Lipinski definition) is 1. The molecule has 1 aromatic rings. The van der Waals surface area contributed by atoms with Crippen LogP contribution in [0.3, 0.4) is 0 Å².